The molecular formula is C75H147NO13. The molecular weight excluding hydrogens is 1120 g/mol. The molecule has 12 atom stereocenters. The normalized spacial score (nSPS) is 22.9. The van der Waals surface area contributed by atoms with Crippen LogP contribution in [0.3, 0.4) is 0 Å². The van der Waals surface area contributed by atoms with Gasteiger partial charge in [-0.1, -0.05) is 361 Å². The molecule has 2 fully saturated rings. The van der Waals surface area contributed by atoms with Crippen molar-refractivity contribution in [2.24, 2.45) is 0 Å². The molecule has 0 spiro atoms. The quantitative estimate of drug-likeness (QED) is 0.0259. The summed E-state index contributed by atoms with van der Waals surface area (Å²) >= 11 is 0. The summed E-state index contributed by atoms with van der Waals surface area (Å²) in [7, 11) is 0. The number of carbonyl (C=O) groups excluding carboxylic acids is 1. The zero-order valence-electron chi connectivity index (χ0n) is 58.0. The van der Waals surface area contributed by atoms with Gasteiger partial charge in [0.1, 0.15) is 48.8 Å². The second-order valence-electron chi connectivity index (χ2n) is 27.9. The Labute approximate surface area is 546 Å². The first-order valence-electron chi connectivity index (χ1n) is 38.8. The monoisotopic (exact) mass is 1270 g/mol. The fourth-order valence-electron chi connectivity index (χ4n) is 13.4. The second-order valence-corrected chi connectivity index (χ2v) is 27.9. The number of nitrogens with one attached hydrogen (secondary N) is 1. The zero-order valence-corrected chi connectivity index (χ0v) is 58.0. The van der Waals surface area contributed by atoms with Crippen molar-refractivity contribution in [2.75, 3.05) is 19.8 Å². The molecule has 89 heavy (non-hydrogen) atoms. The highest BCUT2D eigenvalue weighted by Gasteiger charge is 2.51. The summed E-state index contributed by atoms with van der Waals surface area (Å²) in [6, 6.07) is -0.824. The molecule has 0 radical (unpaired) electrons. The Morgan fingerprint density at radius 2 is 0.640 bits per heavy atom. The van der Waals surface area contributed by atoms with E-state index in [-0.39, 0.29) is 12.5 Å². The van der Waals surface area contributed by atoms with E-state index in [0.717, 1.165) is 51.4 Å². The van der Waals surface area contributed by atoms with Crippen LogP contribution in [-0.4, -0.2) is 140 Å². The van der Waals surface area contributed by atoms with Crippen molar-refractivity contribution in [3.8, 4) is 0 Å². The van der Waals surface area contributed by atoms with Crippen molar-refractivity contribution in [1.29, 1.82) is 0 Å². The molecule has 12 unspecified atom stereocenters. The molecule has 530 valence electrons. The van der Waals surface area contributed by atoms with E-state index < -0.39 is 86.8 Å². The number of aliphatic hydroxyl groups is 8. The Balaban J connectivity index is 1.55. The Kier molecular flexibility index (Phi) is 57.3. The number of hydrogen-bond acceptors (Lipinski definition) is 13. The third kappa shape index (κ3) is 44.4. The van der Waals surface area contributed by atoms with Gasteiger partial charge in [0.05, 0.1) is 32.0 Å². The summed E-state index contributed by atoms with van der Waals surface area (Å²) in [6.45, 7) is 2.93. The highest BCUT2D eigenvalue weighted by atomic mass is 16.7. The Hall–Kier alpha value is -1.01. The molecule has 2 saturated heterocycles. The molecule has 2 heterocycles. The van der Waals surface area contributed by atoms with Crippen molar-refractivity contribution in [1.82, 2.24) is 5.32 Å². The van der Waals surface area contributed by atoms with Gasteiger partial charge < -0.3 is 65.1 Å². The summed E-state index contributed by atoms with van der Waals surface area (Å²) in [5.74, 6) is -0.196. The SMILES string of the molecule is CCCCCCCCCCCCCCCCCCCCCCCCCCCCCCCCCCCCCCCCC(=O)NC(COC1OC(CO)C(OC2OC(CO)C(O)C(O)C2O)C(O)C1O)C(O)CCCCCCCCCCCCCCCCCCC. The van der Waals surface area contributed by atoms with E-state index in [1.54, 1.807) is 0 Å². The van der Waals surface area contributed by atoms with E-state index in [1.807, 2.05) is 0 Å². The van der Waals surface area contributed by atoms with Gasteiger partial charge >= 0.3 is 0 Å². The minimum atomic E-state index is -1.78. The van der Waals surface area contributed by atoms with E-state index in [4.69, 9.17) is 18.9 Å². The van der Waals surface area contributed by atoms with E-state index in [0.29, 0.717) is 12.8 Å². The maximum absolute atomic E-state index is 13.4. The minimum absolute atomic E-state index is 0.196. The van der Waals surface area contributed by atoms with Gasteiger partial charge in [-0.05, 0) is 12.8 Å². The Bertz CT molecular complexity index is 1500. The van der Waals surface area contributed by atoms with E-state index in [1.165, 1.54) is 302 Å². The third-order valence-electron chi connectivity index (χ3n) is 19.6. The van der Waals surface area contributed by atoms with Crippen molar-refractivity contribution in [3.63, 3.8) is 0 Å². The number of rotatable bonds is 66. The van der Waals surface area contributed by atoms with Crippen LogP contribution in [0.5, 0.6) is 0 Å². The topological polar surface area (TPSA) is 228 Å². The van der Waals surface area contributed by atoms with Gasteiger partial charge in [0, 0.05) is 6.42 Å². The van der Waals surface area contributed by atoms with E-state index in [9.17, 15) is 45.6 Å². The lowest BCUT2D eigenvalue weighted by Gasteiger charge is -2.46. The van der Waals surface area contributed by atoms with Crippen molar-refractivity contribution in [3.05, 3.63) is 0 Å². The van der Waals surface area contributed by atoms with Crippen LogP contribution in [0.2, 0.25) is 0 Å². The fraction of sp³-hybridized carbons (Fsp3) is 0.987. The van der Waals surface area contributed by atoms with Crippen LogP contribution in [0, 0.1) is 0 Å². The van der Waals surface area contributed by atoms with Crippen LogP contribution in [0.25, 0.3) is 0 Å². The number of carbonyl (C=O) groups is 1. The standard InChI is InChI=1S/C75H147NO13/c1-3-5-7-9-11-13-15-17-19-21-22-23-24-25-26-27-28-29-30-31-32-33-34-35-36-37-38-39-40-41-43-45-47-49-51-53-55-57-59-67(80)76-63(64(79)58-56-54-52-50-48-46-44-42-20-18-16-14-12-10-8-6-4-2)62-86-74-72(85)70(83)73(66(61-78)88-74)89-75-71(84)69(82)68(81)65(60-77)87-75/h63-66,68-75,77-79,81-85H,3-62H2,1-2H3,(H,76,80). The lowest BCUT2D eigenvalue weighted by atomic mass is 9.97. The van der Waals surface area contributed by atoms with Crippen LogP contribution < -0.4 is 5.32 Å². The molecule has 9 N–H and O–H groups in total. The lowest BCUT2D eigenvalue weighted by Crippen LogP contribution is -2.65. The summed E-state index contributed by atoms with van der Waals surface area (Å²) in [5.41, 5.74) is 0. The van der Waals surface area contributed by atoms with Gasteiger partial charge in [-0.25, -0.2) is 0 Å². The van der Waals surface area contributed by atoms with Gasteiger partial charge in [0.15, 0.2) is 12.6 Å². The van der Waals surface area contributed by atoms with Gasteiger partial charge in [-0.3, -0.25) is 4.79 Å². The van der Waals surface area contributed by atoms with Crippen LogP contribution in [-0.2, 0) is 23.7 Å². The van der Waals surface area contributed by atoms with Crippen molar-refractivity contribution < 1.29 is 64.6 Å². The molecule has 1 amide bonds. The molecule has 2 rings (SSSR count). The summed E-state index contributed by atoms with van der Waals surface area (Å²) in [5, 5.41) is 87.6. The molecule has 14 heteroatoms. The third-order valence-corrected chi connectivity index (χ3v) is 19.6. The first-order chi connectivity index (χ1) is 43.6. The average molecular weight is 1270 g/mol. The van der Waals surface area contributed by atoms with Crippen molar-refractivity contribution in [2.45, 2.75) is 453 Å². The van der Waals surface area contributed by atoms with Gasteiger partial charge in [0.25, 0.3) is 0 Å². The smallest absolute Gasteiger partial charge is 0.220 e. The molecule has 2 aliphatic heterocycles. The van der Waals surface area contributed by atoms with Gasteiger partial charge in [-0.15, -0.1) is 0 Å². The highest BCUT2D eigenvalue weighted by molar-refractivity contribution is 5.76. The van der Waals surface area contributed by atoms with Crippen LogP contribution >= 0.6 is 0 Å². The van der Waals surface area contributed by atoms with Crippen LogP contribution in [0.1, 0.15) is 380 Å². The fourth-order valence-corrected chi connectivity index (χ4v) is 13.4. The largest absolute Gasteiger partial charge is 0.394 e. The predicted molar refractivity (Wildman–Crippen MR) is 365 cm³/mol. The summed E-state index contributed by atoms with van der Waals surface area (Å²) in [6.07, 6.45) is 57.3. The number of amides is 1. The number of unbranched alkanes of at least 4 members (excludes halogenated alkanes) is 53. The average Bonchev–Trinajstić information content (AvgIpc) is 1.52. The van der Waals surface area contributed by atoms with E-state index >= 15 is 0 Å². The molecule has 14 nitrogen and oxygen atoms in total. The van der Waals surface area contributed by atoms with Crippen LogP contribution in [0.15, 0.2) is 0 Å². The molecule has 0 saturated carbocycles. The highest BCUT2D eigenvalue weighted by Crippen LogP contribution is 2.30. The molecule has 0 aromatic rings. The summed E-state index contributed by atoms with van der Waals surface area (Å²) in [4.78, 5) is 13.4. The zero-order chi connectivity index (χ0) is 64.5. The van der Waals surface area contributed by atoms with E-state index in [2.05, 4.69) is 19.2 Å². The summed E-state index contributed by atoms with van der Waals surface area (Å²) < 4.78 is 22.9. The molecule has 2 aliphatic rings. The van der Waals surface area contributed by atoms with Gasteiger partial charge in [-0.2, -0.15) is 0 Å². The predicted octanol–water partition coefficient (Wildman–Crippen LogP) is 16.7. The second kappa shape index (κ2) is 60.6. The van der Waals surface area contributed by atoms with Crippen LogP contribution in [0.4, 0.5) is 0 Å². The Morgan fingerprint density at radius 1 is 0.360 bits per heavy atom. The number of ether oxygens (including phenoxy) is 4. The Morgan fingerprint density at radius 3 is 0.955 bits per heavy atom. The number of aliphatic hydroxyl groups excluding tert-OH is 8. The first kappa shape index (κ1) is 84.1. The molecule has 0 aromatic heterocycles. The molecule has 0 aromatic carbocycles. The van der Waals surface area contributed by atoms with Crippen molar-refractivity contribution >= 4 is 5.91 Å². The minimum Gasteiger partial charge on any atom is -0.394 e. The lowest BCUT2D eigenvalue weighted by molar-refractivity contribution is -0.359. The molecule has 0 bridgehead atoms. The van der Waals surface area contributed by atoms with Gasteiger partial charge in [0.2, 0.25) is 5.91 Å². The molecule has 0 aliphatic carbocycles. The first-order valence-corrected chi connectivity index (χ1v) is 38.8. The maximum atomic E-state index is 13.4. The number of hydrogen-bond donors (Lipinski definition) is 9. The maximum Gasteiger partial charge on any atom is 0.220 e.